The molecule has 1 aliphatic heterocycles. The van der Waals surface area contributed by atoms with E-state index in [4.69, 9.17) is 4.74 Å². The second-order valence-electron chi connectivity index (χ2n) is 7.11. The number of carbonyl (C=O) groups excluding carboxylic acids is 2. The van der Waals surface area contributed by atoms with E-state index in [1.807, 2.05) is 48.5 Å². The highest BCUT2D eigenvalue weighted by molar-refractivity contribution is 6.04. The minimum Gasteiger partial charge on any atom is -0.444 e. The minimum atomic E-state index is -0.578. The van der Waals surface area contributed by atoms with Crippen LogP contribution in [-0.4, -0.2) is 17.6 Å². The molecule has 3 rings (SSSR count). The molecule has 2 N–H and O–H groups in total. The standard InChI is InChI=1S/C21H22N2O3/c1-21(2,3)26-20(25)22-13-12-17-15-9-5-4-8-14(15)16-10-6-7-11-18(16)23-19(17)24/h4-13,17H,1-3H3,(H,22,25)(H,23,24)/b13-12+. The van der Waals surface area contributed by atoms with Crippen LogP contribution in [0.4, 0.5) is 10.5 Å². The Kier molecular flexibility index (Phi) is 4.80. The van der Waals surface area contributed by atoms with E-state index in [9.17, 15) is 9.59 Å². The Bertz CT molecular complexity index is 866. The molecule has 0 bridgehead atoms. The monoisotopic (exact) mass is 350 g/mol. The minimum absolute atomic E-state index is 0.148. The number of fused-ring (bicyclic) bond motifs is 3. The fraction of sp³-hybridized carbons (Fsp3) is 0.238. The van der Waals surface area contributed by atoms with Crippen molar-refractivity contribution in [2.24, 2.45) is 0 Å². The van der Waals surface area contributed by atoms with E-state index in [1.54, 1.807) is 26.8 Å². The molecule has 1 atom stereocenters. The Balaban J connectivity index is 1.88. The van der Waals surface area contributed by atoms with Gasteiger partial charge in [-0.15, -0.1) is 0 Å². The lowest BCUT2D eigenvalue weighted by Gasteiger charge is -2.19. The van der Waals surface area contributed by atoms with Gasteiger partial charge in [0.15, 0.2) is 0 Å². The predicted octanol–water partition coefficient (Wildman–Crippen LogP) is 4.43. The van der Waals surface area contributed by atoms with Gasteiger partial charge in [-0.2, -0.15) is 0 Å². The van der Waals surface area contributed by atoms with Crippen molar-refractivity contribution in [3.63, 3.8) is 0 Å². The van der Waals surface area contributed by atoms with Crippen molar-refractivity contribution in [3.05, 3.63) is 66.4 Å². The molecule has 134 valence electrons. The van der Waals surface area contributed by atoms with Crippen molar-refractivity contribution in [2.45, 2.75) is 32.3 Å². The van der Waals surface area contributed by atoms with Crippen LogP contribution in [0.25, 0.3) is 11.1 Å². The molecule has 5 nitrogen and oxygen atoms in total. The van der Waals surface area contributed by atoms with Gasteiger partial charge in [0.05, 0.1) is 5.92 Å². The summed E-state index contributed by atoms with van der Waals surface area (Å²) in [5, 5.41) is 5.52. The second kappa shape index (κ2) is 7.04. The molecular weight excluding hydrogens is 328 g/mol. The van der Waals surface area contributed by atoms with Gasteiger partial charge in [0.1, 0.15) is 5.60 Å². The number of ether oxygens (including phenoxy) is 1. The summed E-state index contributed by atoms with van der Waals surface area (Å²) >= 11 is 0. The normalized spacial score (nSPS) is 16.3. The third-order valence-electron chi connectivity index (χ3n) is 3.94. The quantitative estimate of drug-likeness (QED) is 0.842. The lowest BCUT2D eigenvalue weighted by Crippen LogP contribution is -2.30. The number of anilines is 1. The van der Waals surface area contributed by atoms with Crippen molar-refractivity contribution in [2.75, 3.05) is 5.32 Å². The maximum Gasteiger partial charge on any atom is 0.411 e. The van der Waals surface area contributed by atoms with Gasteiger partial charge in [-0.05, 0) is 38.0 Å². The van der Waals surface area contributed by atoms with Crippen LogP contribution in [0, 0.1) is 0 Å². The molecule has 1 unspecified atom stereocenters. The maximum atomic E-state index is 12.7. The van der Waals surface area contributed by atoms with E-state index >= 15 is 0 Å². The van der Waals surface area contributed by atoms with Crippen molar-refractivity contribution >= 4 is 17.7 Å². The maximum absolute atomic E-state index is 12.7. The van der Waals surface area contributed by atoms with Crippen LogP contribution in [0.2, 0.25) is 0 Å². The van der Waals surface area contributed by atoms with Gasteiger partial charge in [0, 0.05) is 17.5 Å². The van der Waals surface area contributed by atoms with Gasteiger partial charge in [-0.1, -0.05) is 48.5 Å². The molecule has 26 heavy (non-hydrogen) atoms. The first kappa shape index (κ1) is 17.7. The Labute approximate surface area is 153 Å². The highest BCUT2D eigenvalue weighted by atomic mass is 16.6. The number of alkyl carbamates (subject to hydrolysis) is 1. The zero-order valence-electron chi connectivity index (χ0n) is 15.1. The average molecular weight is 350 g/mol. The van der Waals surface area contributed by atoms with E-state index in [-0.39, 0.29) is 5.91 Å². The van der Waals surface area contributed by atoms with Crippen LogP contribution in [0.5, 0.6) is 0 Å². The summed E-state index contributed by atoms with van der Waals surface area (Å²) in [5.74, 6) is -0.668. The molecule has 0 fully saturated rings. The first-order valence-corrected chi connectivity index (χ1v) is 8.50. The molecule has 0 saturated heterocycles. The fourth-order valence-corrected chi connectivity index (χ4v) is 2.90. The molecule has 2 amide bonds. The number of rotatable bonds is 2. The van der Waals surface area contributed by atoms with Crippen molar-refractivity contribution in [3.8, 4) is 11.1 Å². The van der Waals surface area contributed by atoms with E-state index in [2.05, 4.69) is 10.6 Å². The van der Waals surface area contributed by atoms with Crippen LogP contribution in [0.15, 0.2) is 60.8 Å². The smallest absolute Gasteiger partial charge is 0.411 e. The van der Waals surface area contributed by atoms with Crippen LogP contribution >= 0.6 is 0 Å². The van der Waals surface area contributed by atoms with E-state index in [0.29, 0.717) is 0 Å². The summed E-state index contributed by atoms with van der Waals surface area (Å²) in [4.78, 5) is 24.5. The zero-order valence-corrected chi connectivity index (χ0v) is 15.1. The predicted molar refractivity (Wildman–Crippen MR) is 102 cm³/mol. The van der Waals surface area contributed by atoms with E-state index in [1.165, 1.54) is 6.20 Å². The Hall–Kier alpha value is -3.08. The number of para-hydroxylation sites is 1. The topological polar surface area (TPSA) is 67.4 Å². The highest BCUT2D eigenvalue weighted by Gasteiger charge is 2.26. The van der Waals surface area contributed by atoms with Crippen molar-refractivity contribution < 1.29 is 14.3 Å². The van der Waals surface area contributed by atoms with Crippen LogP contribution < -0.4 is 10.6 Å². The largest absolute Gasteiger partial charge is 0.444 e. The Morgan fingerprint density at radius 1 is 1.08 bits per heavy atom. The first-order chi connectivity index (χ1) is 12.3. The van der Waals surface area contributed by atoms with E-state index < -0.39 is 17.6 Å². The summed E-state index contributed by atoms with van der Waals surface area (Å²) in [5.41, 5.74) is 3.06. The molecule has 0 saturated carbocycles. The number of carbonyl (C=O) groups is 2. The number of hydrogen-bond donors (Lipinski definition) is 2. The lowest BCUT2D eigenvalue weighted by atomic mass is 9.91. The van der Waals surface area contributed by atoms with Crippen LogP contribution in [-0.2, 0) is 9.53 Å². The third kappa shape index (κ3) is 3.94. The van der Waals surface area contributed by atoms with Gasteiger partial charge in [0.2, 0.25) is 5.91 Å². The highest BCUT2D eigenvalue weighted by Crippen LogP contribution is 2.38. The van der Waals surface area contributed by atoms with Crippen LogP contribution in [0.1, 0.15) is 32.3 Å². The van der Waals surface area contributed by atoms with Gasteiger partial charge in [-0.3, -0.25) is 10.1 Å². The molecule has 1 aliphatic rings. The number of amides is 2. The summed E-state index contributed by atoms with van der Waals surface area (Å²) in [6.07, 6.45) is 2.58. The summed E-state index contributed by atoms with van der Waals surface area (Å²) in [6, 6.07) is 15.5. The molecule has 5 heteroatoms. The molecule has 0 spiro atoms. The van der Waals surface area contributed by atoms with Gasteiger partial charge in [-0.25, -0.2) is 4.79 Å². The molecular formula is C21H22N2O3. The zero-order chi connectivity index (χ0) is 18.7. The molecule has 0 radical (unpaired) electrons. The van der Waals surface area contributed by atoms with Crippen molar-refractivity contribution in [1.29, 1.82) is 0 Å². The van der Waals surface area contributed by atoms with Crippen LogP contribution in [0.3, 0.4) is 0 Å². The van der Waals surface area contributed by atoms with E-state index in [0.717, 1.165) is 22.4 Å². The SMILES string of the molecule is CC(C)(C)OC(=O)N/C=C/C1C(=O)Nc2ccccc2-c2ccccc21. The summed E-state index contributed by atoms with van der Waals surface area (Å²) < 4.78 is 5.20. The molecule has 0 aromatic heterocycles. The third-order valence-corrected chi connectivity index (χ3v) is 3.94. The van der Waals surface area contributed by atoms with Gasteiger partial charge in [0.25, 0.3) is 0 Å². The Morgan fingerprint density at radius 3 is 2.46 bits per heavy atom. The number of hydrogen-bond acceptors (Lipinski definition) is 3. The average Bonchev–Trinajstić information content (AvgIpc) is 2.68. The molecule has 0 aliphatic carbocycles. The van der Waals surface area contributed by atoms with Gasteiger partial charge < -0.3 is 10.1 Å². The number of nitrogens with one attached hydrogen (secondary N) is 2. The molecule has 2 aromatic carbocycles. The number of benzene rings is 2. The Morgan fingerprint density at radius 2 is 1.73 bits per heavy atom. The fourth-order valence-electron chi connectivity index (χ4n) is 2.90. The van der Waals surface area contributed by atoms with Gasteiger partial charge >= 0.3 is 6.09 Å². The molecule has 2 aromatic rings. The summed E-state index contributed by atoms with van der Waals surface area (Å²) in [7, 11) is 0. The lowest BCUT2D eigenvalue weighted by molar-refractivity contribution is -0.116. The first-order valence-electron chi connectivity index (χ1n) is 8.50. The van der Waals surface area contributed by atoms with Crippen molar-refractivity contribution in [1.82, 2.24) is 5.32 Å². The molecule has 1 heterocycles. The second-order valence-corrected chi connectivity index (χ2v) is 7.11. The summed E-state index contributed by atoms with van der Waals surface area (Å²) in [6.45, 7) is 5.38.